The molecule has 0 aliphatic rings. The van der Waals surface area contributed by atoms with E-state index in [9.17, 15) is 0 Å². The fourth-order valence-electron chi connectivity index (χ4n) is 0.146. The van der Waals surface area contributed by atoms with Crippen LogP contribution in [0.4, 0.5) is 0 Å². The van der Waals surface area contributed by atoms with E-state index >= 15 is 0 Å². The van der Waals surface area contributed by atoms with Crippen LogP contribution >= 0.6 is 11.6 Å². The highest BCUT2D eigenvalue weighted by Crippen LogP contribution is 2.02. The monoisotopic (exact) mass is 135 g/mol. The summed E-state index contributed by atoms with van der Waals surface area (Å²) < 4.78 is 0. The molecule has 0 heterocycles. The average molecular weight is 136 g/mol. The quantitative estimate of drug-likeness (QED) is 0.200. The van der Waals surface area contributed by atoms with E-state index in [1.54, 1.807) is 0 Å². The van der Waals surface area contributed by atoms with Gasteiger partial charge in [-0.05, 0) is 12.5 Å². The van der Waals surface area contributed by atoms with Crippen molar-refractivity contribution in [3.63, 3.8) is 0 Å². The molecule has 8 heavy (non-hydrogen) atoms. The van der Waals surface area contributed by atoms with Crippen LogP contribution in [0, 0.1) is 0 Å². The van der Waals surface area contributed by atoms with Gasteiger partial charge >= 0.3 is 0 Å². The second-order valence-electron chi connectivity index (χ2n) is 1.32. The van der Waals surface area contributed by atoms with Crippen molar-refractivity contribution in [2.75, 3.05) is 0 Å². The van der Waals surface area contributed by atoms with Gasteiger partial charge in [-0.2, -0.15) is 0 Å². The Hall–Kier alpha value is -0.440. The number of hydrogen-bond donors (Lipinski definition) is 1. The van der Waals surface area contributed by atoms with E-state index < -0.39 is 11.6 Å². The van der Waals surface area contributed by atoms with E-state index in [0.717, 1.165) is 0 Å². The molecule has 0 amide bonds. The largest absolute Gasteiger partial charge is 0.392 e. The highest BCUT2D eigenvalue weighted by molar-refractivity contribution is 6.20. The van der Waals surface area contributed by atoms with Crippen LogP contribution in [-0.2, 0) is 0 Å². The zero-order valence-corrected chi connectivity index (χ0v) is 5.08. The van der Waals surface area contributed by atoms with Crippen LogP contribution < -0.4 is 0 Å². The van der Waals surface area contributed by atoms with Crippen LogP contribution in [0.3, 0.4) is 0 Å². The minimum Gasteiger partial charge on any atom is -0.392 e. The highest BCUT2D eigenvalue weighted by atomic mass is 35.5. The summed E-state index contributed by atoms with van der Waals surface area (Å²) in [6.45, 7) is 1.45. The molecule has 0 rings (SSSR count). The molecule has 1 unspecified atom stereocenters. The Kier molecular flexibility index (Phi) is 3.35. The van der Waals surface area contributed by atoms with Crippen LogP contribution in [-0.4, -0.2) is 16.7 Å². The summed E-state index contributed by atoms with van der Waals surface area (Å²) >= 11 is 5.25. The maximum atomic E-state index is 8.56. The summed E-state index contributed by atoms with van der Waals surface area (Å²) in [4.78, 5) is 2.39. The standard InChI is InChI=1S/C3H6ClN3O/c1-2(8)3(4)6-7-5/h2-3,8H,1H3/t2-,3?/m1/s1. The second kappa shape index (κ2) is 3.55. The van der Waals surface area contributed by atoms with Crippen molar-refractivity contribution in [1.29, 1.82) is 0 Å². The molecule has 5 heteroatoms. The first kappa shape index (κ1) is 7.56. The fraction of sp³-hybridized carbons (Fsp3) is 1.00. The Morgan fingerprint density at radius 1 is 1.88 bits per heavy atom. The van der Waals surface area contributed by atoms with Crippen molar-refractivity contribution >= 4 is 11.6 Å². The highest BCUT2D eigenvalue weighted by Gasteiger charge is 2.06. The van der Waals surface area contributed by atoms with Gasteiger partial charge in [0.1, 0.15) is 5.50 Å². The molecule has 0 aromatic carbocycles. The Balaban J connectivity index is 3.63. The Bertz CT molecular complexity index is 109. The maximum absolute atomic E-state index is 8.56. The van der Waals surface area contributed by atoms with Gasteiger partial charge in [-0.1, -0.05) is 5.11 Å². The summed E-state index contributed by atoms with van der Waals surface area (Å²) in [6.07, 6.45) is -0.785. The van der Waals surface area contributed by atoms with Crippen LogP contribution in [0.15, 0.2) is 5.11 Å². The molecule has 1 N–H and O–H groups in total. The summed E-state index contributed by atoms with van der Waals surface area (Å²) in [5.41, 5.74) is 6.90. The van der Waals surface area contributed by atoms with Gasteiger partial charge in [0, 0.05) is 4.91 Å². The molecule has 0 aromatic heterocycles. The first-order chi connectivity index (χ1) is 3.68. The van der Waals surface area contributed by atoms with Crippen LogP contribution in [0.25, 0.3) is 10.4 Å². The molecule has 0 radical (unpaired) electrons. The minimum atomic E-state index is -0.847. The third-order valence-corrected chi connectivity index (χ3v) is 1.01. The summed E-state index contributed by atoms with van der Waals surface area (Å²) in [6, 6.07) is 0. The number of azide groups is 1. The zero-order chi connectivity index (χ0) is 6.57. The third-order valence-electron chi connectivity index (χ3n) is 0.560. The Morgan fingerprint density at radius 2 is 2.38 bits per heavy atom. The lowest BCUT2D eigenvalue weighted by molar-refractivity contribution is 0.191. The smallest absolute Gasteiger partial charge is 0.137 e. The Morgan fingerprint density at radius 3 is 2.50 bits per heavy atom. The molecule has 4 nitrogen and oxygen atoms in total. The third kappa shape index (κ3) is 2.69. The average Bonchev–Trinajstić information content (AvgIpc) is 1.67. The number of alkyl halides is 1. The van der Waals surface area contributed by atoms with Gasteiger partial charge < -0.3 is 5.11 Å². The van der Waals surface area contributed by atoms with Gasteiger partial charge in [-0.25, -0.2) is 0 Å². The molecule has 0 aliphatic heterocycles. The predicted octanol–water partition coefficient (Wildman–Crippen LogP) is 1.24. The van der Waals surface area contributed by atoms with Crippen LogP contribution in [0.1, 0.15) is 6.92 Å². The molecule has 0 fully saturated rings. The van der Waals surface area contributed by atoms with Crippen LogP contribution in [0.2, 0.25) is 0 Å². The molecule has 0 aliphatic carbocycles. The second-order valence-corrected chi connectivity index (χ2v) is 1.77. The summed E-state index contributed by atoms with van der Waals surface area (Å²) in [5.74, 6) is 0. The summed E-state index contributed by atoms with van der Waals surface area (Å²) in [5, 5.41) is 11.6. The minimum absolute atomic E-state index is 0.785. The van der Waals surface area contributed by atoms with Gasteiger partial charge in [-0.15, -0.1) is 11.6 Å². The molecule has 46 valence electrons. The van der Waals surface area contributed by atoms with Crippen molar-refractivity contribution in [3.05, 3.63) is 10.4 Å². The molecule has 2 atom stereocenters. The first-order valence-electron chi connectivity index (χ1n) is 2.05. The number of aliphatic hydroxyl groups excluding tert-OH is 1. The van der Waals surface area contributed by atoms with E-state index in [2.05, 4.69) is 10.0 Å². The van der Waals surface area contributed by atoms with E-state index in [-0.39, 0.29) is 0 Å². The maximum Gasteiger partial charge on any atom is 0.137 e. The van der Waals surface area contributed by atoms with Crippen molar-refractivity contribution < 1.29 is 5.11 Å². The molecule has 0 saturated heterocycles. The van der Waals surface area contributed by atoms with Crippen molar-refractivity contribution in [2.24, 2.45) is 5.11 Å². The topological polar surface area (TPSA) is 69.0 Å². The lowest BCUT2D eigenvalue weighted by atomic mass is 10.4. The molecule has 0 aromatic rings. The zero-order valence-electron chi connectivity index (χ0n) is 4.32. The SMILES string of the molecule is C[C@@H](O)C(Cl)N=[N+]=[N-]. The van der Waals surface area contributed by atoms with Gasteiger partial charge in [-0.3, -0.25) is 0 Å². The number of hydrogen-bond acceptors (Lipinski definition) is 2. The molecular weight excluding hydrogens is 130 g/mol. The molecular formula is C3H6ClN3O. The first-order valence-corrected chi connectivity index (χ1v) is 2.48. The lowest BCUT2D eigenvalue weighted by Crippen LogP contribution is -2.12. The summed E-state index contributed by atoms with van der Waals surface area (Å²) in [7, 11) is 0. The lowest BCUT2D eigenvalue weighted by Gasteiger charge is -2.02. The van der Waals surface area contributed by atoms with Gasteiger partial charge in [0.15, 0.2) is 0 Å². The molecule has 0 bridgehead atoms. The van der Waals surface area contributed by atoms with Gasteiger partial charge in [0.05, 0.1) is 6.10 Å². The van der Waals surface area contributed by atoms with E-state index in [1.165, 1.54) is 6.92 Å². The normalized spacial score (nSPS) is 16.4. The van der Waals surface area contributed by atoms with E-state index in [1.807, 2.05) is 0 Å². The molecule has 0 saturated carbocycles. The number of halogens is 1. The van der Waals surface area contributed by atoms with Gasteiger partial charge in [0.2, 0.25) is 0 Å². The number of nitrogens with zero attached hydrogens (tertiary/aromatic N) is 3. The van der Waals surface area contributed by atoms with E-state index in [4.69, 9.17) is 22.2 Å². The Labute approximate surface area is 51.7 Å². The number of rotatable bonds is 2. The fourth-order valence-corrected chi connectivity index (χ4v) is 0.185. The van der Waals surface area contributed by atoms with Crippen molar-refractivity contribution in [1.82, 2.24) is 0 Å². The van der Waals surface area contributed by atoms with E-state index in [0.29, 0.717) is 0 Å². The predicted molar refractivity (Wildman–Crippen MR) is 30.5 cm³/mol. The molecule has 0 spiro atoms. The number of aliphatic hydroxyl groups is 1. The van der Waals surface area contributed by atoms with Crippen LogP contribution in [0.5, 0.6) is 0 Å². The van der Waals surface area contributed by atoms with Crippen molar-refractivity contribution in [3.8, 4) is 0 Å². The van der Waals surface area contributed by atoms with Gasteiger partial charge in [0.25, 0.3) is 0 Å². The van der Waals surface area contributed by atoms with Crippen molar-refractivity contribution in [2.45, 2.75) is 18.5 Å².